The van der Waals surface area contributed by atoms with Crippen LogP contribution in [0.5, 0.6) is 0 Å². The van der Waals surface area contributed by atoms with Gasteiger partial charge >= 0.3 is 31.2 Å². The maximum absolute atomic E-state index is 11.6. The first kappa shape index (κ1) is 16.5. The van der Waals surface area contributed by atoms with E-state index in [1.54, 1.807) is 0 Å². The van der Waals surface area contributed by atoms with Crippen molar-refractivity contribution < 1.29 is 55.0 Å². The molecule has 0 unspecified atom stereocenters. The fraction of sp³-hybridized carbons (Fsp3) is 1.00. The summed E-state index contributed by atoms with van der Waals surface area (Å²) in [5.41, 5.74) is 0. The fourth-order valence-electron chi connectivity index (χ4n) is 0.541. The zero-order chi connectivity index (χ0) is 10.7. The van der Waals surface area contributed by atoms with Gasteiger partial charge in [-0.3, -0.25) is 0 Å². The molecule has 0 N–H and O–H groups in total. The quantitative estimate of drug-likeness (QED) is 0.400. The van der Waals surface area contributed by atoms with E-state index in [2.05, 4.69) is 4.74 Å². The topological polar surface area (TPSA) is 32.3 Å². The number of halogens is 6. The Bertz CT molecular complexity index is 141. The summed E-state index contributed by atoms with van der Waals surface area (Å²) in [4.78, 5) is 0. The van der Waals surface area contributed by atoms with Crippen molar-refractivity contribution in [3.63, 3.8) is 0 Å². The van der Waals surface area contributed by atoms with Gasteiger partial charge in [0.15, 0.2) is 0 Å². The van der Waals surface area contributed by atoms with Crippen LogP contribution in [0.4, 0.5) is 26.3 Å². The van der Waals surface area contributed by atoms with Crippen LogP contribution >= 0.6 is 0 Å². The molecular weight excluding hydrogens is 213 g/mol. The van der Waals surface area contributed by atoms with Gasteiger partial charge in [-0.2, -0.15) is 26.3 Å². The van der Waals surface area contributed by atoms with Gasteiger partial charge in [0.1, 0.15) is 0 Å². The Morgan fingerprint density at radius 3 is 1.57 bits per heavy atom. The standard InChI is InChI=1S/C5H5F6O2.Li/c6-4(7,8)3(5(9,10)11)13-2-1-12;/h3H,1-2H2;/q-1;+1. The summed E-state index contributed by atoms with van der Waals surface area (Å²) in [6.45, 7) is -2.27. The third-order valence-electron chi connectivity index (χ3n) is 0.962. The molecular formula is C5H5F6LiO2. The van der Waals surface area contributed by atoms with Crippen LogP contribution in [0.2, 0.25) is 0 Å². The van der Waals surface area contributed by atoms with Crippen LogP contribution in [0, 0.1) is 0 Å². The molecule has 0 bridgehead atoms. The summed E-state index contributed by atoms with van der Waals surface area (Å²) in [6.07, 6.45) is -14.9. The Kier molecular flexibility index (Phi) is 6.91. The van der Waals surface area contributed by atoms with Crippen molar-refractivity contribution in [1.29, 1.82) is 0 Å². The van der Waals surface area contributed by atoms with E-state index >= 15 is 0 Å². The molecule has 2 nitrogen and oxygen atoms in total. The predicted octanol–water partition coefficient (Wildman–Crippen LogP) is -2.14. The number of ether oxygens (including phenoxy) is 1. The molecule has 0 aliphatic carbocycles. The van der Waals surface area contributed by atoms with Gasteiger partial charge in [-0.1, -0.05) is 0 Å². The van der Waals surface area contributed by atoms with Crippen LogP contribution in [0.25, 0.3) is 0 Å². The zero-order valence-corrected chi connectivity index (χ0v) is 7.08. The second-order valence-corrected chi connectivity index (χ2v) is 2.04. The second kappa shape index (κ2) is 5.85. The van der Waals surface area contributed by atoms with E-state index in [4.69, 9.17) is 0 Å². The third-order valence-corrected chi connectivity index (χ3v) is 0.962. The summed E-state index contributed by atoms with van der Waals surface area (Å²) in [5.74, 6) is 0. The minimum atomic E-state index is -5.53. The average molecular weight is 218 g/mol. The number of rotatable bonds is 3. The van der Waals surface area contributed by atoms with Crippen LogP contribution < -0.4 is 24.0 Å². The third kappa shape index (κ3) is 5.75. The smallest absolute Gasteiger partial charge is 0.853 e. The van der Waals surface area contributed by atoms with Gasteiger partial charge in [-0.15, -0.1) is 6.61 Å². The summed E-state index contributed by atoms with van der Waals surface area (Å²) < 4.78 is 72.9. The largest absolute Gasteiger partial charge is 1.00 e. The van der Waals surface area contributed by atoms with Gasteiger partial charge in [0.05, 0.1) is 0 Å². The minimum Gasteiger partial charge on any atom is -0.853 e. The van der Waals surface area contributed by atoms with Gasteiger partial charge in [0, 0.05) is 6.61 Å². The first-order valence-electron chi connectivity index (χ1n) is 3.02. The van der Waals surface area contributed by atoms with Crippen molar-refractivity contribution in [2.24, 2.45) is 0 Å². The maximum atomic E-state index is 11.6. The molecule has 0 saturated heterocycles. The fourth-order valence-corrected chi connectivity index (χ4v) is 0.541. The van der Waals surface area contributed by atoms with Crippen LogP contribution in [0.15, 0.2) is 0 Å². The normalized spacial score (nSPS) is 12.9. The Hall–Kier alpha value is 0.0974. The summed E-state index contributed by atoms with van der Waals surface area (Å²) in [5, 5.41) is 9.63. The molecule has 0 heterocycles. The van der Waals surface area contributed by atoms with Gasteiger partial charge in [-0.25, -0.2) is 0 Å². The van der Waals surface area contributed by atoms with Crippen molar-refractivity contribution in [2.45, 2.75) is 18.5 Å². The summed E-state index contributed by atoms with van der Waals surface area (Å²) in [6, 6.07) is 0. The molecule has 14 heavy (non-hydrogen) atoms. The molecule has 0 aliphatic rings. The molecule has 0 aromatic rings. The molecule has 0 fully saturated rings. The van der Waals surface area contributed by atoms with Gasteiger partial charge in [-0.05, 0) is 0 Å². The van der Waals surface area contributed by atoms with Crippen LogP contribution in [0.1, 0.15) is 0 Å². The van der Waals surface area contributed by atoms with E-state index in [-0.39, 0.29) is 18.9 Å². The van der Waals surface area contributed by atoms with E-state index in [1.807, 2.05) is 0 Å². The Labute approximate surface area is 87.4 Å². The van der Waals surface area contributed by atoms with Gasteiger partial charge in [0.2, 0.25) is 6.10 Å². The van der Waals surface area contributed by atoms with Gasteiger partial charge in [0.25, 0.3) is 0 Å². The predicted molar refractivity (Wildman–Crippen MR) is 26.7 cm³/mol. The number of hydrogen-bond donors (Lipinski definition) is 0. The molecule has 0 amide bonds. The SMILES string of the molecule is [Li+].[O-]CCOC(C(F)(F)F)C(F)(F)F. The molecule has 0 rings (SSSR count). The Morgan fingerprint density at radius 2 is 1.36 bits per heavy atom. The van der Waals surface area contributed by atoms with Crippen molar-refractivity contribution in [3.05, 3.63) is 0 Å². The van der Waals surface area contributed by atoms with E-state index in [0.29, 0.717) is 0 Å². The first-order chi connectivity index (χ1) is 5.69. The van der Waals surface area contributed by atoms with Crippen LogP contribution in [-0.2, 0) is 4.74 Å². The zero-order valence-electron chi connectivity index (χ0n) is 7.08. The molecule has 9 heteroatoms. The number of hydrogen-bond acceptors (Lipinski definition) is 2. The molecule has 0 aromatic carbocycles. The number of alkyl halides is 6. The van der Waals surface area contributed by atoms with Gasteiger partial charge < -0.3 is 9.84 Å². The van der Waals surface area contributed by atoms with E-state index < -0.39 is 31.7 Å². The molecule has 0 atom stereocenters. The summed E-state index contributed by atoms with van der Waals surface area (Å²) >= 11 is 0. The van der Waals surface area contributed by atoms with Crippen molar-refractivity contribution in [3.8, 4) is 0 Å². The van der Waals surface area contributed by atoms with E-state index in [0.717, 1.165) is 0 Å². The van der Waals surface area contributed by atoms with E-state index in [1.165, 1.54) is 0 Å². The Balaban J connectivity index is 0. The van der Waals surface area contributed by atoms with E-state index in [9.17, 15) is 31.4 Å². The molecule has 0 aromatic heterocycles. The molecule has 0 spiro atoms. The molecule has 80 valence electrons. The van der Waals surface area contributed by atoms with Crippen molar-refractivity contribution in [2.75, 3.05) is 13.2 Å². The first-order valence-corrected chi connectivity index (χ1v) is 3.02. The monoisotopic (exact) mass is 218 g/mol. The van der Waals surface area contributed by atoms with Crippen molar-refractivity contribution >= 4 is 0 Å². The maximum Gasteiger partial charge on any atom is 1.00 e. The average Bonchev–Trinajstić information content (AvgIpc) is 1.81. The van der Waals surface area contributed by atoms with Crippen LogP contribution in [0.3, 0.4) is 0 Å². The van der Waals surface area contributed by atoms with Crippen molar-refractivity contribution in [1.82, 2.24) is 0 Å². The van der Waals surface area contributed by atoms with Crippen LogP contribution in [-0.4, -0.2) is 31.7 Å². The summed E-state index contributed by atoms with van der Waals surface area (Å²) in [7, 11) is 0. The second-order valence-electron chi connectivity index (χ2n) is 2.04. The molecule has 0 radical (unpaired) electrons. The molecule has 0 saturated carbocycles. The Morgan fingerprint density at radius 1 is 1.00 bits per heavy atom. The molecule has 0 aliphatic heterocycles. The minimum absolute atomic E-state index is 0.